The predicted octanol–water partition coefficient (Wildman–Crippen LogP) is 3.38. The number of rotatable bonds is 2. The van der Waals surface area contributed by atoms with Crippen molar-refractivity contribution in [2.75, 3.05) is 7.11 Å². The zero-order valence-electron chi connectivity index (χ0n) is 9.77. The van der Waals surface area contributed by atoms with E-state index in [2.05, 4.69) is 9.97 Å². The molecule has 4 heteroatoms. The molecule has 0 unspecified atom stereocenters. The van der Waals surface area contributed by atoms with E-state index in [0.717, 1.165) is 16.6 Å². The first-order valence-electron chi connectivity index (χ1n) is 5.56. The lowest BCUT2D eigenvalue weighted by atomic mass is 10.2. The molecule has 18 heavy (non-hydrogen) atoms. The van der Waals surface area contributed by atoms with E-state index in [9.17, 15) is 4.39 Å². The van der Waals surface area contributed by atoms with Crippen molar-refractivity contribution in [1.82, 2.24) is 9.97 Å². The number of hydrogen-bond acceptors (Lipinski definition) is 2. The average Bonchev–Trinajstić information content (AvgIpc) is 2.83. The number of aromatic nitrogens is 2. The lowest BCUT2D eigenvalue weighted by Crippen LogP contribution is -1.89. The van der Waals surface area contributed by atoms with Gasteiger partial charge in [-0.15, -0.1) is 0 Å². The zero-order chi connectivity index (χ0) is 12.5. The highest BCUT2D eigenvalue weighted by molar-refractivity contribution is 5.79. The normalized spacial score (nSPS) is 10.8. The summed E-state index contributed by atoms with van der Waals surface area (Å²) < 4.78 is 18.3. The average molecular weight is 242 g/mol. The molecule has 1 aromatic heterocycles. The van der Waals surface area contributed by atoms with Crippen molar-refractivity contribution >= 4 is 11.0 Å². The summed E-state index contributed by atoms with van der Waals surface area (Å²) in [6, 6.07) is 12.4. The van der Waals surface area contributed by atoms with Crippen molar-refractivity contribution in [3.8, 4) is 17.1 Å². The number of H-pyrrole nitrogens is 1. The van der Waals surface area contributed by atoms with Crippen LogP contribution in [-0.2, 0) is 0 Å². The van der Waals surface area contributed by atoms with Gasteiger partial charge in [-0.25, -0.2) is 9.37 Å². The molecule has 0 aliphatic carbocycles. The van der Waals surface area contributed by atoms with Gasteiger partial charge in [0.05, 0.1) is 18.1 Å². The SMILES string of the molecule is COc1cc(-c2nc3ccccc3[nH]2)ccc1F. The minimum atomic E-state index is -0.377. The molecular weight excluding hydrogens is 231 g/mol. The van der Waals surface area contributed by atoms with Crippen LogP contribution in [0.1, 0.15) is 0 Å². The highest BCUT2D eigenvalue weighted by Crippen LogP contribution is 2.26. The summed E-state index contributed by atoms with van der Waals surface area (Å²) in [5, 5.41) is 0. The number of methoxy groups -OCH3 is 1. The molecule has 2 aromatic carbocycles. The topological polar surface area (TPSA) is 37.9 Å². The Kier molecular flexibility index (Phi) is 2.48. The quantitative estimate of drug-likeness (QED) is 0.748. The Balaban J connectivity index is 2.13. The fraction of sp³-hybridized carbons (Fsp3) is 0.0714. The highest BCUT2D eigenvalue weighted by atomic mass is 19.1. The van der Waals surface area contributed by atoms with Crippen LogP contribution >= 0.6 is 0 Å². The second kappa shape index (κ2) is 4.14. The number of hydrogen-bond donors (Lipinski definition) is 1. The van der Waals surface area contributed by atoms with E-state index in [4.69, 9.17) is 4.74 Å². The smallest absolute Gasteiger partial charge is 0.165 e. The highest BCUT2D eigenvalue weighted by Gasteiger charge is 2.08. The van der Waals surface area contributed by atoms with E-state index in [1.165, 1.54) is 13.2 Å². The monoisotopic (exact) mass is 242 g/mol. The molecular formula is C14H11FN2O. The standard InChI is InChI=1S/C14H11FN2O/c1-18-13-8-9(6-7-10(13)15)14-16-11-4-2-3-5-12(11)17-14/h2-8H,1H3,(H,16,17). The summed E-state index contributed by atoms with van der Waals surface area (Å²) in [6.07, 6.45) is 0. The molecule has 0 bridgehead atoms. The number of nitrogens with zero attached hydrogens (tertiary/aromatic N) is 1. The molecule has 0 aliphatic rings. The van der Waals surface area contributed by atoms with E-state index >= 15 is 0 Å². The van der Waals surface area contributed by atoms with Gasteiger partial charge in [-0.2, -0.15) is 0 Å². The lowest BCUT2D eigenvalue weighted by Gasteiger charge is -2.03. The molecule has 0 spiro atoms. The maximum Gasteiger partial charge on any atom is 0.165 e. The van der Waals surface area contributed by atoms with Crippen LogP contribution in [-0.4, -0.2) is 17.1 Å². The molecule has 90 valence electrons. The number of benzene rings is 2. The molecule has 0 saturated carbocycles. The predicted molar refractivity (Wildman–Crippen MR) is 68.0 cm³/mol. The van der Waals surface area contributed by atoms with Gasteiger partial charge in [0.2, 0.25) is 0 Å². The van der Waals surface area contributed by atoms with Crippen LogP contribution in [0.5, 0.6) is 5.75 Å². The van der Waals surface area contributed by atoms with Gasteiger partial charge < -0.3 is 9.72 Å². The summed E-state index contributed by atoms with van der Waals surface area (Å²) in [5.41, 5.74) is 2.64. The van der Waals surface area contributed by atoms with E-state index in [1.807, 2.05) is 24.3 Å². The third-order valence-corrected chi connectivity index (χ3v) is 2.81. The van der Waals surface area contributed by atoms with Gasteiger partial charge in [0.25, 0.3) is 0 Å². The van der Waals surface area contributed by atoms with Crippen molar-refractivity contribution in [3.05, 3.63) is 48.3 Å². The molecule has 3 aromatic rings. The number of ether oxygens (including phenoxy) is 1. The van der Waals surface area contributed by atoms with Crippen molar-refractivity contribution in [3.63, 3.8) is 0 Å². The molecule has 3 rings (SSSR count). The Bertz CT molecular complexity index is 673. The van der Waals surface area contributed by atoms with E-state index in [1.54, 1.807) is 12.1 Å². The third-order valence-electron chi connectivity index (χ3n) is 2.81. The zero-order valence-corrected chi connectivity index (χ0v) is 9.77. The molecule has 0 saturated heterocycles. The molecule has 0 aliphatic heterocycles. The molecule has 0 fully saturated rings. The third kappa shape index (κ3) is 1.72. The minimum absolute atomic E-state index is 0.216. The van der Waals surface area contributed by atoms with Gasteiger partial charge >= 0.3 is 0 Å². The first-order chi connectivity index (χ1) is 8.78. The lowest BCUT2D eigenvalue weighted by molar-refractivity contribution is 0.387. The van der Waals surface area contributed by atoms with Crippen molar-refractivity contribution in [2.24, 2.45) is 0 Å². The largest absolute Gasteiger partial charge is 0.494 e. The van der Waals surface area contributed by atoms with Crippen LogP contribution in [0.4, 0.5) is 4.39 Å². The van der Waals surface area contributed by atoms with Gasteiger partial charge in [-0.3, -0.25) is 0 Å². The summed E-state index contributed by atoms with van der Waals surface area (Å²) in [6.45, 7) is 0. The van der Waals surface area contributed by atoms with E-state index in [0.29, 0.717) is 5.82 Å². The molecule has 1 heterocycles. The molecule has 0 atom stereocenters. The Morgan fingerprint density at radius 1 is 1.17 bits per heavy atom. The van der Waals surface area contributed by atoms with Crippen LogP contribution in [0, 0.1) is 5.82 Å². The second-order valence-electron chi connectivity index (χ2n) is 3.95. The van der Waals surface area contributed by atoms with E-state index < -0.39 is 0 Å². The second-order valence-corrected chi connectivity index (χ2v) is 3.95. The van der Waals surface area contributed by atoms with Gasteiger partial charge in [-0.05, 0) is 30.3 Å². The fourth-order valence-electron chi connectivity index (χ4n) is 1.90. The summed E-state index contributed by atoms with van der Waals surface area (Å²) in [5.74, 6) is 0.541. The van der Waals surface area contributed by atoms with Gasteiger partial charge in [0.1, 0.15) is 5.82 Å². The van der Waals surface area contributed by atoms with Crippen LogP contribution in [0.2, 0.25) is 0 Å². The van der Waals surface area contributed by atoms with Crippen LogP contribution in [0.15, 0.2) is 42.5 Å². The number of halogens is 1. The summed E-state index contributed by atoms with van der Waals surface area (Å²) in [4.78, 5) is 7.65. The number of aromatic amines is 1. The van der Waals surface area contributed by atoms with E-state index in [-0.39, 0.29) is 11.6 Å². The number of nitrogens with one attached hydrogen (secondary N) is 1. The first kappa shape index (κ1) is 10.8. The Labute approximate surface area is 103 Å². The molecule has 3 nitrogen and oxygen atoms in total. The summed E-state index contributed by atoms with van der Waals surface area (Å²) in [7, 11) is 1.45. The first-order valence-corrected chi connectivity index (χ1v) is 5.56. The summed E-state index contributed by atoms with van der Waals surface area (Å²) >= 11 is 0. The van der Waals surface area contributed by atoms with Crippen molar-refractivity contribution < 1.29 is 9.13 Å². The van der Waals surface area contributed by atoms with Gasteiger partial charge in [0.15, 0.2) is 11.6 Å². The van der Waals surface area contributed by atoms with Crippen molar-refractivity contribution in [1.29, 1.82) is 0 Å². The number of para-hydroxylation sites is 2. The molecule has 1 N–H and O–H groups in total. The van der Waals surface area contributed by atoms with Gasteiger partial charge in [-0.1, -0.05) is 12.1 Å². The van der Waals surface area contributed by atoms with Crippen LogP contribution < -0.4 is 4.74 Å². The maximum absolute atomic E-state index is 13.3. The Morgan fingerprint density at radius 3 is 2.78 bits per heavy atom. The van der Waals surface area contributed by atoms with Crippen LogP contribution in [0.25, 0.3) is 22.4 Å². The van der Waals surface area contributed by atoms with Gasteiger partial charge in [0, 0.05) is 5.56 Å². The number of fused-ring (bicyclic) bond motifs is 1. The Hall–Kier alpha value is -2.36. The fourth-order valence-corrected chi connectivity index (χ4v) is 1.90. The van der Waals surface area contributed by atoms with Crippen LogP contribution in [0.3, 0.4) is 0 Å². The van der Waals surface area contributed by atoms with Crippen molar-refractivity contribution in [2.45, 2.75) is 0 Å². The number of imidazole rings is 1. The maximum atomic E-state index is 13.3. The minimum Gasteiger partial charge on any atom is -0.494 e. The molecule has 0 radical (unpaired) electrons. The molecule has 0 amide bonds. The Morgan fingerprint density at radius 2 is 2.00 bits per heavy atom.